The number of rotatable bonds is 9. The van der Waals surface area contributed by atoms with E-state index in [-0.39, 0.29) is 42.3 Å². The van der Waals surface area contributed by atoms with Crippen molar-refractivity contribution in [3.05, 3.63) is 77.7 Å². The Labute approximate surface area is 189 Å². The number of benzene rings is 2. The van der Waals surface area contributed by atoms with Crippen molar-refractivity contribution < 1.29 is 32.3 Å². The minimum atomic E-state index is -2.96. The van der Waals surface area contributed by atoms with E-state index in [1.54, 1.807) is 43.4 Å². The average Bonchev–Trinajstić information content (AvgIpc) is 3.33. The number of urea groups is 1. The number of nitrogens with zero attached hydrogens (tertiary/aromatic N) is 1. The summed E-state index contributed by atoms with van der Waals surface area (Å²) in [6.45, 7) is -2.51. The number of methoxy groups -OCH3 is 1. The first kappa shape index (κ1) is 23.6. The molecule has 0 aliphatic rings. The molecule has 1 heterocycles. The van der Waals surface area contributed by atoms with Crippen LogP contribution in [0.15, 0.2) is 65.3 Å². The maximum absolute atomic E-state index is 12.5. The standard InChI is InChI=1S/C23H23F2N3O5/c1-28(14-16-8-9-18(33-22(24)25)20(12-16)31-2)23(30)26-13-15-5-3-6-17(11-15)27-21(29)19-7-4-10-32-19/h3-12,22H,13-14H2,1-2H3,(H,26,30)(H,27,29). The van der Waals surface area contributed by atoms with E-state index in [4.69, 9.17) is 9.15 Å². The summed E-state index contributed by atoms with van der Waals surface area (Å²) in [5.41, 5.74) is 2.02. The van der Waals surface area contributed by atoms with Crippen molar-refractivity contribution >= 4 is 17.6 Å². The van der Waals surface area contributed by atoms with Crippen molar-refractivity contribution in [3.63, 3.8) is 0 Å². The highest BCUT2D eigenvalue weighted by atomic mass is 19.3. The minimum absolute atomic E-state index is 0.0811. The first-order valence-electron chi connectivity index (χ1n) is 9.90. The van der Waals surface area contributed by atoms with Gasteiger partial charge in [0.05, 0.1) is 13.4 Å². The third kappa shape index (κ3) is 6.70. The van der Waals surface area contributed by atoms with E-state index in [9.17, 15) is 18.4 Å². The third-order valence-electron chi connectivity index (χ3n) is 4.58. The molecule has 0 radical (unpaired) electrons. The van der Waals surface area contributed by atoms with Crippen molar-refractivity contribution in [3.8, 4) is 11.5 Å². The minimum Gasteiger partial charge on any atom is -0.493 e. The topological polar surface area (TPSA) is 93.0 Å². The second-order valence-electron chi connectivity index (χ2n) is 7.01. The Morgan fingerprint density at radius 1 is 1.06 bits per heavy atom. The van der Waals surface area contributed by atoms with E-state index in [2.05, 4.69) is 15.4 Å². The predicted molar refractivity (Wildman–Crippen MR) is 116 cm³/mol. The molecular formula is C23H23F2N3O5. The van der Waals surface area contributed by atoms with Crippen LogP contribution in [-0.4, -0.2) is 37.6 Å². The van der Waals surface area contributed by atoms with Gasteiger partial charge in [-0.2, -0.15) is 8.78 Å². The summed E-state index contributed by atoms with van der Waals surface area (Å²) in [4.78, 5) is 26.0. The molecule has 3 amide bonds. The number of anilines is 1. The maximum Gasteiger partial charge on any atom is 0.387 e. The third-order valence-corrected chi connectivity index (χ3v) is 4.58. The number of carbonyl (C=O) groups excluding carboxylic acids is 2. The SMILES string of the molecule is COc1cc(CN(C)C(=O)NCc2cccc(NC(=O)c3ccco3)c2)ccc1OC(F)F. The first-order chi connectivity index (χ1) is 15.9. The molecule has 33 heavy (non-hydrogen) atoms. The van der Waals surface area contributed by atoms with Crippen LogP contribution in [0.25, 0.3) is 0 Å². The van der Waals surface area contributed by atoms with Crippen LogP contribution in [0.1, 0.15) is 21.7 Å². The number of nitrogens with one attached hydrogen (secondary N) is 2. The van der Waals surface area contributed by atoms with Crippen LogP contribution in [0.3, 0.4) is 0 Å². The van der Waals surface area contributed by atoms with E-state index in [0.29, 0.717) is 11.3 Å². The van der Waals surface area contributed by atoms with Gasteiger partial charge in [0, 0.05) is 25.8 Å². The zero-order chi connectivity index (χ0) is 23.8. The largest absolute Gasteiger partial charge is 0.493 e. The van der Waals surface area contributed by atoms with E-state index in [1.807, 2.05) is 6.07 Å². The molecule has 1 aromatic heterocycles. The van der Waals surface area contributed by atoms with Gasteiger partial charge in [-0.05, 0) is 47.5 Å². The van der Waals surface area contributed by atoms with Crippen molar-refractivity contribution in [2.45, 2.75) is 19.7 Å². The van der Waals surface area contributed by atoms with Gasteiger partial charge < -0.3 is 29.4 Å². The molecule has 10 heteroatoms. The van der Waals surface area contributed by atoms with Crippen molar-refractivity contribution in [2.75, 3.05) is 19.5 Å². The lowest BCUT2D eigenvalue weighted by Crippen LogP contribution is -2.36. The summed E-state index contributed by atoms with van der Waals surface area (Å²) in [7, 11) is 2.95. The summed E-state index contributed by atoms with van der Waals surface area (Å²) in [5, 5.41) is 5.52. The fourth-order valence-electron chi connectivity index (χ4n) is 3.02. The van der Waals surface area contributed by atoms with Gasteiger partial charge in [-0.15, -0.1) is 0 Å². The molecule has 3 rings (SSSR count). The lowest BCUT2D eigenvalue weighted by molar-refractivity contribution is -0.0512. The highest BCUT2D eigenvalue weighted by molar-refractivity contribution is 6.02. The van der Waals surface area contributed by atoms with Crippen LogP contribution in [0.5, 0.6) is 11.5 Å². The second-order valence-corrected chi connectivity index (χ2v) is 7.01. The highest BCUT2D eigenvalue weighted by Gasteiger charge is 2.14. The van der Waals surface area contributed by atoms with Crippen LogP contribution >= 0.6 is 0 Å². The maximum atomic E-state index is 12.5. The smallest absolute Gasteiger partial charge is 0.387 e. The summed E-state index contributed by atoms with van der Waals surface area (Å²) >= 11 is 0. The molecule has 0 unspecified atom stereocenters. The Kier molecular flexibility index (Phi) is 7.85. The van der Waals surface area contributed by atoms with Gasteiger partial charge in [-0.3, -0.25) is 4.79 Å². The summed E-state index contributed by atoms with van der Waals surface area (Å²) in [6.07, 6.45) is 1.42. The molecule has 2 aromatic carbocycles. The molecule has 3 aromatic rings. The molecule has 0 saturated carbocycles. The van der Waals surface area contributed by atoms with Crippen LogP contribution in [-0.2, 0) is 13.1 Å². The van der Waals surface area contributed by atoms with Crippen LogP contribution < -0.4 is 20.1 Å². The van der Waals surface area contributed by atoms with Gasteiger partial charge in [0.2, 0.25) is 0 Å². The molecule has 8 nitrogen and oxygen atoms in total. The fourth-order valence-corrected chi connectivity index (χ4v) is 3.02. The monoisotopic (exact) mass is 459 g/mol. The zero-order valence-electron chi connectivity index (χ0n) is 18.0. The van der Waals surface area contributed by atoms with Gasteiger partial charge in [0.15, 0.2) is 17.3 Å². The number of hydrogen-bond acceptors (Lipinski definition) is 5. The molecular weight excluding hydrogens is 436 g/mol. The molecule has 174 valence electrons. The average molecular weight is 459 g/mol. The second kappa shape index (κ2) is 11.0. The fraction of sp³-hybridized carbons (Fsp3) is 0.217. The van der Waals surface area contributed by atoms with E-state index < -0.39 is 6.61 Å². The Morgan fingerprint density at radius 3 is 2.58 bits per heavy atom. The van der Waals surface area contributed by atoms with E-state index in [1.165, 1.54) is 30.4 Å². The Balaban J connectivity index is 1.54. The molecule has 0 spiro atoms. The molecule has 0 aliphatic heterocycles. The van der Waals surface area contributed by atoms with Gasteiger partial charge in [-0.1, -0.05) is 18.2 Å². The Hall–Kier alpha value is -4.08. The zero-order valence-corrected chi connectivity index (χ0v) is 18.0. The van der Waals surface area contributed by atoms with Gasteiger partial charge in [0.1, 0.15) is 0 Å². The Morgan fingerprint density at radius 2 is 1.88 bits per heavy atom. The summed E-state index contributed by atoms with van der Waals surface area (Å²) in [5.74, 6) is -0.112. The summed E-state index contributed by atoms with van der Waals surface area (Å²) < 4.78 is 39.5. The molecule has 0 fully saturated rings. The van der Waals surface area contributed by atoms with E-state index >= 15 is 0 Å². The van der Waals surface area contributed by atoms with Gasteiger partial charge in [-0.25, -0.2) is 4.79 Å². The number of furan rings is 1. The van der Waals surface area contributed by atoms with E-state index in [0.717, 1.165) is 5.56 Å². The quantitative estimate of drug-likeness (QED) is 0.492. The van der Waals surface area contributed by atoms with Crippen LogP contribution in [0.2, 0.25) is 0 Å². The lowest BCUT2D eigenvalue weighted by Gasteiger charge is -2.19. The number of hydrogen-bond donors (Lipinski definition) is 2. The van der Waals surface area contributed by atoms with Crippen LogP contribution in [0.4, 0.5) is 19.3 Å². The van der Waals surface area contributed by atoms with Gasteiger partial charge >= 0.3 is 12.6 Å². The first-order valence-corrected chi connectivity index (χ1v) is 9.90. The molecule has 2 N–H and O–H groups in total. The molecule has 0 saturated heterocycles. The summed E-state index contributed by atoms with van der Waals surface area (Å²) in [6, 6.07) is 14.4. The van der Waals surface area contributed by atoms with Crippen molar-refractivity contribution in [1.82, 2.24) is 10.2 Å². The normalized spacial score (nSPS) is 10.6. The number of halogens is 2. The molecule has 0 atom stereocenters. The number of amides is 3. The Bertz CT molecular complexity index is 1090. The van der Waals surface area contributed by atoms with Crippen molar-refractivity contribution in [2.24, 2.45) is 0 Å². The van der Waals surface area contributed by atoms with Crippen LogP contribution in [0, 0.1) is 0 Å². The number of carbonyl (C=O) groups is 2. The predicted octanol–water partition coefficient (Wildman–Crippen LogP) is 4.48. The number of ether oxygens (including phenoxy) is 2. The molecule has 0 aliphatic carbocycles. The van der Waals surface area contributed by atoms with Gasteiger partial charge in [0.25, 0.3) is 5.91 Å². The lowest BCUT2D eigenvalue weighted by atomic mass is 10.2. The molecule has 0 bridgehead atoms. The number of alkyl halides is 2. The highest BCUT2D eigenvalue weighted by Crippen LogP contribution is 2.29. The van der Waals surface area contributed by atoms with Crippen molar-refractivity contribution in [1.29, 1.82) is 0 Å².